The van der Waals surface area contributed by atoms with Gasteiger partial charge in [0, 0.05) is 25.2 Å². The van der Waals surface area contributed by atoms with Crippen LogP contribution in [0.4, 0.5) is 4.39 Å². The van der Waals surface area contributed by atoms with Gasteiger partial charge in [-0.1, -0.05) is 0 Å². The Kier molecular flexibility index (Phi) is 3.42. The predicted octanol–water partition coefficient (Wildman–Crippen LogP) is 0.426. The third kappa shape index (κ3) is 3.23. The van der Waals surface area contributed by atoms with Crippen molar-refractivity contribution in [3.63, 3.8) is 0 Å². The van der Waals surface area contributed by atoms with Gasteiger partial charge in [0.05, 0.1) is 12.4 Å². The molecule has 1 aromatic rings. The third-order valence-corrected chi connectivity index (χ3v) is 1.61. The maximum absolute atomic E-state index is 12.4. The molecule has 1 rings (SSSR count). The Morgan fingerprint density at radius 1 is 1.85 bits per heavy atom. The summed E-state index contributed by atoms with van der Waals surface area (Å²) < 4.78 is 12.4. The average Bonchev–Trinajstić information content (AvgIpc) is 2.55. The van der Waals surface area contributed by atoms with Gasteiger partial charge in [-0.05, 0) is 0 Å². The summed E-state index contributed by atoms with van der Waals surface area (Å²) in [6.45, 7) is 0.800. The highest BCUT2D eigenvalue weighted by Gasteiger charge is 2.10. The van der Waals surface area contributed by atoms with E-state index in [9.17, 15) is 9.18 Å². The molecule has 0 saturated carbocycles. The minimum atomic E-state index is -0.571. The molecule has 1 atom stereocenters. The number of amides is 1. The molecule has 1 heterocycles. The SMILES string of the molecule is CC(=O)NC(CF)Cc1cnc[nH]1. The van der Waals surface area contributed by atoms with Crippen LogP contribution in [0.3, 0.4) is 0 Å². The van der Waals surface area contributed by atoms with Gasteiger partial charge in [0.2, 0.25) is 5.91 Å². The van der Waals surface area contributed by atoms with Crippen molar-refractivity contribution in [3.05, 3.63) is 18.2 Å². The second kappa shape index (κ2) is 4.59. The van der Waals surface area contributed by atoms with Crippen LogP contribution in [0.15, 0.2) is 12.5 Å². The number of nitrogens with one attached hydrogen (secondary N) is 2. The summed E-state index contributed by atoms with van der Waals surface area (Å²) in [6, 6.07) is -0.460. The summed E-state index contributed by atoms with van der Waals surface area (Å²) in [5, 5.41) is 2.51. The van der Waals surface area contributed by atoms with E-state index >= 15 is 0 Å². The quantitative estimate of drug-likeness (QED) is 0.714. The van der Waals surface area contributed by atoms with Gasteiger partial charge < -0.3 is 10.3 Å². The molecule has 0 aliphatic carbocycles. The molecular weight excluding hydrogens is 173 g/mol. The first-order valence-corrected chi connectivity index (χ1v) is 4.02. The maximum atomic E-state index is 12.4. The van der Waals surface area contributed by atoms with E-state index in [0.29, 0.717) is 6.42 Å². The Balaban J connectivity index is 2.45. The zero-order chi connectivity index (χ0) is 9.68. The summed E-state index contributed by atoms with van der Waals surface area (Å²) in [5.74, 6) is -0.220. The van der Waals surface area contributed by atoms with Gasteiger partial charge >= 0.3 is 0 Å². The van der Waals surface area contributed by atoms with Crippen molar-refractivity contribution in [2.24, 2.45) is 0 Å². The minimum Gasteiger partial charge on any atom is -0.351 e. The fourth-order valence-electron chi connectivity index (χ4n) is 1.09. The molecule has 0 aliphatic heterocycles. The standard InChI is InChI=1S/C8H12FN3O/c1-6(13)12-7(3-9)2-8-4-10-5-11-8/h4-5,7H,2-3H2,1H3,(H,10,11)(H,12,13). The fraction of sp³-hybridized carbons (Fsp3) is 0.500. The van der Waals surface area contributed by atoms with E-state index in [-0.39, 0.29) is 5.91 Å². The van der Waals surface area contributed by atoms with E-state index < -0.39 is 12.7 Å². The molecule has 0 radical (unpaired) electrons. The summed E-state index contributed by atoms with van der Waals surface area (Å²) in [7, 11) is 0. The molecule has 2 N–H and O–H groups in total. The number of hydrogen-bond acceptors (Lipinski definition) is 2. The van der Waals surface area contributed by atoms with Crippen LogP contribution in [0.2, 0.25) is 0 Å². The normalized spacial score (nSPS) is 12.5. The molecule has 0 aromatic carbocycles. The summed E-state index contributed by atoms with van der Waals surface area (Å²) in [4.78, 5) is 17.3. The number of imidazole rings is 1. The first-order chi connectivity index (χ1) is 6.22. The topological polar surface area (TPSA) is 57.8 Å². The Hall–Kier alpha value is -1.39. The molecular formula is C8H12FN3O. The number of halogens is 1. The molecule has 5 heteroatoms. The molecule has 4 nitrogen and oxygen atoms in total. The number of rotatable bonds is 4. The minimum absolute atomic E-state index is 0.220. The van der Waals surface area contributed by atoms with Crippen LogP contribution in [-0.4, -0.2) is 28.6 Å². The van der Waals surface area contributed by atoms with Crippen molar-refractivity contribution in [1.82, 2.24) is 15.3 Å². The monoisotopic (exact) mass is 185 g/mol. The number of carbonyl (C=O) groups is 1. The first-order valence-electron chi connectivity index (χ1n) is 4.02. The lowest BCUT2D eigenvalue weighted by molar-refractivity contribution is -0.119. The number of hydrogen-bond donors (Lipinski definition) is 2. The molecule has 1 amide bonds. The predicted molar refractivity (Wildman–Crippen MR) is 45.9 cm³/mol. The number of aromatic amines is 1. The van der Waals surface area contributed by atoms with E-state index in [4.69, 9.17) is 0 Å². The number of nitrogens with zero attached hydrogens (tertiary/aromatic N) is 1. The Morgan fingerprint density at radius 2 is 2.62 bits per heavy atom. The third-order valence-electron chi connectivity index (χ3n) is 1.61. The van der Waals surface area contributed by atoms with Crippen molar-refractivity contribution in [2.45, 2.75) is 19.4 Å². The van der Waals surface area contributed by atoms with Gasteiger partial charge in [0.1, 0.15) is 6.67 Å². The largest absolute Gasteiger partial charge is 0.351 e. The molecule has 0 aliphatic rings. The van der Waals surface area contributed by atoms with E-state index in [1.165, 1.54) is 13.3 Å². The summed E-state index contributed by atoms with van der Waals surface area (Å²) in [5.41, 5.74) is 0.816. The Labute approximate surface area is 75.6 Å². The van der Waals surface area contributed by atoms with Crippen molar-refractivity contribution in [2.75, 3.05) is 6.67 Å². The van der Waals surface area contributed by atoms with Crippen molar-refractivity contribution >= 4 is 5.91 Å². The lowest BCUT2D eigenvalue weighted by atomic mass is 10.2. The molecule has 0 saturated heterocycles. The molecule has 1 unspecified atom stereocenters. The lowest BCUT2D eigenvalue weighted by Crippen LogP contribution is -2.36. The summed E-state index contributed by atoms with van der Waals surface area (Å²) >= 11 is 0. The van der Waals surface area contributed by atoms with Gasteiger partial charge in [0.15, 0.2) is 0 Å². The van der Waals surface area contributed by atoms with Gasteiger partial charge in [0.25, 0.3) is 0 Å². The number of aromatic nitrogens is 2. The number of H-pyrrole nitrogens is 1. The van der Waals surface area contributed by atoms with Crippen molar-refractivity contribution in [1.29, 1.82) is 0 Å². The smallest absolute Gasteiger partial charge is 0.217 e. The zero-order valence-electron chi connectivity index (χ0n) is 7.38. The van der Waals surface area contributed by atoms with E-state index in [0.717, 1.165) is 5.69 Å². The Bertz CT molecular complexity index is 260. The van der Waals surface area contributed by atoms with Crippen molar-refractivity contribution < 1.29 is 9.18 Å². The van der Waals surface area contributed by atoms with Crippen LogP contribution in [0.1, 0.15) is 12.6 Å². The van der Waals surface area contributed by atoms with Crippen molar-refractivity contribution in [3.8, 4) is 0 Å². The summed E-state index contributed by atoms with van der Waals surface area (Å²) in [6.07, 6.45) is 3.58. The van der Waals surface area contributed by atoms with Crippen LogP contribution < -0.4 is 5.32 Å². The van der Waals surface area contributed by atoms with Crippen LogP contribution >= 0.6 is 0 Å². The molecule has 0 bridgehead atoms. The van der Waals surface area contributed by atoms with Crippen LogP contribution in [0.5, 0.6) is 0 Å². The van der Waals surface area contributed by atoms with Gasteiger partial charge in [-0.3, -0.25) is 4.79 Å². The molecule has 13 heavy (non-hydrogen) atoms. The van der Waals surface area contributed by atoms with E-state index in [2.05, 4.69) is 15.3 Å². The highest BCUT2D eigenvalue weighted by atomic mass is 19.1. The highest BCUT2D eigenvalue weighted by Crippen LogP contribution is 1.98. The molecule has 72 valence electrons. The fourth-order valence-corrected chi connectivity index (χ4v) is 1.09. The molecule has 0 spiro atoms. The van der Waals surface area contributed by atoms with Crippen LogP contribution in [-0.2, 0) is 11.2 Å². The Morgan fingerprint density at radius 3 is 3.08 bits per heavy atom. The molecule has 1 aromatic heterocycles. The highest BCUT2D eigenvalue weighted by molar-refractivity contribution is 5.73. The van der Waals surface area contributed by atoms with Gasteiger partial charge in [-0.2, -0.15) is 0 Å². The lowest BCUT2D eigenvalue weighted by Gasteiger charge is -2.12. The maximum Gasteiger partial charge on any atom is 0.217 e. The van der Waals surface area contributed by atoms with Gasteiger partial charge in [-0.25, -0.2) is 9.37 Å². The second-order valence-electron chi connectivity index (χ2n) is 2.83. The van der Waals surface area contributed by atoms with E-state index in [1.54, 1.807) is 6.20 Å². The number of carbonyl (C=O) groups excluding carboxylic acids is 1. The van der Waals surface area contributed by atoms with E-state index in [1.807, 2.05) is 0 Å². The van der Waals surface area contributed by atoms with Gasteiger partial charge in [-0.15, -0.1) is 0 Å². The van der Waals surface area contributed by atoms with Crippen LogP contribution in [0, 0.1) is 0 Å². The second-order valence-corrected chi connectivity index (χ2v) is 2.83. The number of alkyl halides is 1. The van der Waals surface area contributed by atoms with Crippen LogP contribution in [0.25, 0.3) is 0 Å². The molecule has 0 fully saturated rings. The average molecular weight is 185 g/mol. The first kappa shape index (κ1) is 9.70. The zero-order valence-corrected chi connectivity index (χ0v) is 7.38.